The van der Waals surface area contributed by atoms with E-state index in [1.807, 2.05) is 25.7 Å². The summed E-state index contributed by atoms with van der Waals surface area (Å²) in [6.45, 7) is 7.46. The van der Waals surface area contributed by atoms with E-state index in [4.69, 9.17) is 0 Å². The van der Waals surface area contributed by atoms with Gasteiger partial charge in [-0.25, -0.2) is 9.97 Å². The van der Waals surface area contributed by atoms with Crippen LogP contribution < -0.4 is 0 Å². The van der Waals surface area contributed by atoms with Crippen LogP contribution in [-0.4, -0.2) is 43.8 Å². The monoisotopic (exact) mass is 313 g/mol. The van der Waals surface area contributed by atoms with E-state index >= 15 is 0 Å². The van der Waals surface area contributed by atoms with Crippen LogP contribution in [0, 0.1) is 5.41 Å². The van der Waals surface area contributed by atoms with Gasteiger partial charge in [0.05, 0.1) is 5.69 Å². The molecule has 6 heteroatoms. The SMILES string of the molecule is CC(C)(C)C(=O)N1CCC(c2nccnc2-c2ncc[nH]2)CC1. The van der Waals surface area contributed by atoms with Crippen LogP contribution in [0.25, 0.3) is 11.5 Å². The Morgan fingerprint density at radius 2 is 1.83 bits per heavy atom. The molecule has 1 aliphatic rings. The lowest BCUT2D eigenvalue weighted by Gasteiger charge is -2.35. The Morgan fingerprint density at radius 3 is 2.43 bits per heavy atom. The minimum absolute atomic E-state index is 0.223. The maximum absolute atomic E-state index is 12.4. The molecule has 3 heterocycles. The Bertz CT molecular complexity index is 667. The summed E-state index contributed by atoms with van der Waals surface area (Å²) in [6.07, 6.45) is 8.76. The van der Waals surface area contributed by atoms with Crippen molar-refractivity contribution in [3.8, 4) is 11.5 Å². The number of rotatable bonds is 2. The number of hydrogen-bond donors (Lipinski definition) is 1. The highest BCUT2D eigenvalue weighted by Crippen LogP contribution is 2.32. The van der Waals surface area contributed by atoms with E-state index in [1.165, 1.54) is 0 Å². The fourth-order valence-corrected chi connectivity index (χ4v) is 3.06. The number of aromatic amines is 1. The first-order valence-electron chi connectivity index (χ1n) is 8.07. The molecule has 2 aromatic heterocycles. The van der Waals surface area contributed by atoms with E-state index in [1.54, 1.807) is 24.8 Å². The van der Waals surface area contributed by atoms with Gasteiger partial charge in [-0.2, -0.15) is 0 Å². The molecule has 0 aliphatic carbocycles. The summed E-state index contributed by atoms with van der Waals surface area (Å²) in [5.41, 5.74) is 1.47. The largest absolute Gasteiger partial charge is 0.343 e. The molecule has 1 aliphatic heterocycles. The second kappa shape index (κ2) is 6.10. The number of amides is 1. The minimum atomic E-state index is -0.321. The summed E-state index contributed by atoms with van der Waals surface area (Å²) in [6, 6.07) is 0. The topological polar surface area (TPSA) is 74.8 Å². The average molecular weight is 313 g/mol. The van der Waals surface area contributed by atoms with E-state index in [2.05, 4.69) is 19.9 Å². The number of nitrogens with one attached hydrogen (secondary N) is 1. The standard InChI is InChI=1S/C17H23N5O/c1-17(2,3)16(23)22-10-4-12(5-11-22)13-14(19-7-6-18-13)15-20-8-9-21-15/h6-9,12H,4-5,10-11H2,1-3H3,(H,20,21). The van der Waals surface area contributed by atoms with Crippen molar-refractivity contribution < 1.29 is 4.79 Å². The number of piperidine rings is 1. The molecule has 23 heavy (non-hydrogen) atoms. The third-order valence-corrected chi connectivity index (χ3v) is 4.26. The van der Waals surface area contributed by atoms with Gasteiger partial charge in [0.1, 0.15) is 5.69 Å². The molecule has 0 unspecified atom stereocenters. The second-order valence-corrected chi connectivity index (χ2v) is 7.04. The Kier molecular flexibility index (Phi) is 4.15. The average Bonchev–Trinajstić information content (AvgIpc) is 3.08. The van der Waals surface area contributed by atoms with E-state index in [9.17, 15) is 4.79 Å². The van der Waals surface area contributed by atoms with Crippen molar-refractivity contribution in [2.75, 3.05) is 13.1 Å². The maximum atomic E-state index is 12.4. The van der Waals surface area contributed by atoms with Gasteiger partial charge in [-0.3, -0.25) is 9.78 Å². The van der Waals surface area contributed by atoms with Gasteiger partial charge in [-0.05, 0) is 12.8 Å². The molecule has 0 spiro atoms. The number of hydrogen-bond acceptors (Lipinski definition) is 4. The predicted octanol–water partition coefficient (Wildman–Crippen LogP) is 2.62. The molecule has 0 atom stereocenters. The number of carbonyl (C=O) groups excluding carboxylic acids is 1. The van der Waals surface area contributed by atoms with Crippen LogP contribution in [0.1, 0.15) is 45.2 Å². The summed E-state index contributed by atoms with van der Waals surface area (Å²) >= 11 is 0. The number of imidazole rings is 1. The van der Waals surface area contributed by atoms with Gasteiger partial charge in [0.2, 0.25) is 5.91 Å². The third kappa shape index (κ3) is 3.25. The molecule has 1 amide bonds. The van der Waals surface area contributed by atoms with Crippen molar-refractivity contribution in [1.29, 1.82) is 0 Å². The zero-order valence-corrected chi connectivity index (χ0v) is 13.9. The van der Waals surface area contributed by atoms with Crippen LogP contribution in [-0.2, 0) is 4.79 Å². The van der Waals surface area contributed by atoms with Gasteiger partial charge in [-0.15, -0.1) is 0 Å². The molecule has 122 valence electrons. The summed E-state index contributed by atoms with van der Waals surface area (Å²) in [4.78, 5) is 30.8. The molecule has 3 rings (SSSR count). The highest BCUT2D eigenvalue weighted by atomic mass is 16.2. The molecular formula is C17H23N5O. The lowest BCUT2D eigenvalue weighted by Crippen LogP contribution is -2.43. The molecular weight excluding hydrogens is 290 g/mol. The highest BCUT2D eigenvalue weighted by Gasteiger charge is 2.32. The maximum Gasteiger partial charge on any atom is 0.227 e. The smallest absolute Gasteiger partial charge is 0.227 e. The Morgan fingerprint density at radius 1 is 1.13 bits per heavy atom. The second-order valence-electron chi connectivity index (χ2n) is 7.04. The van der Waals surface area contributed by atoms with Crippen LogP contribution >= 0.6 is 0 Å². The Labute approximate surface area is 136 Å². The van der Waals surface area contributed by atoms with Crippen molar-refractivity contribution >= 4 is 5.91 Å². The Hall–Kier alpha value is -2.24. The van der Waals surface area contributed by atoms with Crippen molar-refractivity contribution in [1.82, 2.24) is 24.8 Å². The van der Waals surface area contributed by atoms with Crippen molar-refractivity contribution in [3.63, 3.8) is 0 Å². The van der Waals surface area contributed by atoms with Crippen LogP contribution in [0.4, 0.5) is 0 Å². The Balaban J connectivity index is 1.75. The summed E-state index contributed by atoms with van der Waals surface area (Å²) in [5.74, 6) is 1.29. The van der Waals surface area contributed by atoms with E-state index in [-0.39, 0.29) is 11.3 Å². The fourth-order valence-electron chi connectivity index (χ4n) is 3.06. The van der Waals surface area contributed by atoms with Crippen LogP contribution in [0.3, 0.4) is 0 Å². The number of aromatic nitrogens is 4. The molecule has 0 saturated carbocycles. The number of carbonyl (C=O) groups is 1. The predicted molar refractivity (Wildman–Crippen MR) is 87.6 cm³/mol. The van der Waals surface area contributed by atoms with E-state index in [0.717, 1.165) is 43.1 Å². The zero-order valence-electron chi connectivity index (χ0n) is 13.9. The number of likely N-dealkylation sites (tertiary alicyclic amines) is 1. The molecule has 2 aromatic rings. The van der Waals surface area contributed by atoms with Gasteiger partial charge in [-0.1, -0.05) is 20.8 Å². The third-order valence-electron chi connectivity index (χ3n) is 4.26. The van der Waals surface area contributed by atoms with Crippen LogP contribution in [0.15, 0.2) is 24.8 Å². The lowest BCUT2D eigenvalue weighted by atomic mass is 9.89. The zero-order chi connectivity index (χ0) is 16.4. The number of H-pyrrole nitrogens is 1. The van der Waals surface area contributed by atoms with Gasteiger partial charge >= 0.3 is 0 Å². The van der Waals surface area contributed by atoms with Crippen LogP contribution in [0.2, 0.25) is 0 Å². The molecule has 1 N–H and O–H groups in total. The van der Waals surface area contributed by atoms with E-state index in [0.29, 0.717) is 5.92 Å². The number of nitrogens with zero attached hydrogens (tertiary/aromatic N) is 4. The van der Waals surface area contributed by atoms with Crippen molar-refractivity contribution in [2.24, 2.45) is 5.41 Å². The van der Waals surface area contributed by atoms with Crippen LogP contribution in [0.5, 0.6) is 0 Å². The molecule has 1 fully saturated rings. The quantitative estimate of drug-likeness (QED) is 0.925. The first-order valence-corrected chi connectivity index (χ1v) is 8.07. The fraction of sp³-hybridized carbons (Fsp3) is 0.529. The van der Waals surface area contributed by atoms with Crippen molar-refractivity contribution in [3.05, 3.63) is 30.5 Å². The first kappa shape index (κ1) is 15.6. The molecule has 0 bridgehead atoms. The molecule has 6 nitrogen and oxygen atoms in total. The highest BCUT2D eigenvalue weighted by molar-refractivity contribution is 5.81. The summed E-state index contributed by atoms with van der Waals surface area (Å²) < 4.78 is 0. The van der Waals surface area contributed by atoms with Gasteiger partial charge in [0.25, 0.3) is 0 Å². The normalized spacial score (nSPS) is 16.6. The van der Waals surface area contributed by atoms with Gasteiger partial charge in [0.15, 0.2) is 5.82 Å². The summed E-state index contributed by atoms with van der Waals surface area (Å²) in [5, 5.41) is 0. The minimum Gasteiger partial charge on any atom is -0.343 e. The first-order chi connectivity index (χ1) is 11.0. The lowest BCUT2D eigenvalue weighted by molar-refractivity contribution is -0.140. The van der Waals surface area contributed by atoms with Gasteiger partial charge < -0.3 is 9.88 Å². The molecule has 0 aromatic carbocycles. The van der Waals surface area contributed by atoms with Crippen molar-refractivity contribution in [2.45, 2.75) is 39.5 Å². The molecule has 1 saturated heterocycles. The van der Waals surface area contributed by atoms with Gasteiger partial charge in [0, 0.05) is 49.2 Å². The van der Waals surface area contributed by atoms with E-state index < -0.39 is 0 Å². The molecule has 0 radical (unpaired) electrons. The summed E-state index contributed by atoms with van der Waals surface area (Å²) in [7, 11) is 0.